The summed E-state index contributed by atoms with van der Waals surface area (Å²) in [6, 6.07) is 17.3. The minimum absolute atomic E-state index is 0.0473. The van der Waals surface area contributed by atoms with Gasteiger partial charge < -0.3 is 5.32 Å². The van der Waals surface area contributed by atoms with Crippen molar-refractivity contribution >= 4 is 56.3 Å². The fraction of sp³-hybridized carbons (Fsp3) is 0.0476. The van der Waals surface area contributed by atoms with E-state index in [1.807, 2.05) is 0 Å². The number of nitrogens with one attached hydrogen (secondary N) is 2. The standard InChI is InChI=1S/C21H16Cl2N2O4S/c1-30(28,29)25-15-8-9-16(18(23)12-15)21(27)24-19-10-7-14(22)11-17(19)20(26)13-5-3-2-4-6-13/h2-12,25H,1H3,(H,24,27). The lowest BCUT2D eigenvalue weighted by Gasteiger charge is -2.13. The highest BCUT2D eigenvalue weighted by Crippen LogP contribution is 2.26. The number of amides is 1. The number of sulfonamides is 1. The molecule has 0 spiro atoms. The number of hydrogen-bond donors (Lipinski definition) is 2. The van der Waals surface area contributed by atoms with Gasteiger partial charge in [0.15, 0.2) is 5.78 Å². The minimum atomic E-state index is -3.48. The number of carbonyl (C=O) groups excluding carboxylic acids is 2. The van der Waals surface area contributed by atoms with Crippen LogP contribution in [0.2, 0.25) is 10.0 Å². The Kier molecular flexibility index (Phi) is 6.45. The first-order valence-corrected chi connectivity index (χ1v) is 11.3. The third-order valence-electron chi connectivity index (χ3n) is 4.03. The lowest BCUT2D eigenvalue weighted by molar-refractivity contribution is 0.102. The zero-order chi connectivity index (χ0) is 21.9. The lowest BCUT2D eigenvalue weighted by atomic mass is 10.0. The summed E-state index contributed by atoms with van der Waals surface area (Å²) in [6.07, 6.45) is 1.01. The Morgan fingerprint density at radius 2 is 1.57 bits per heavy atom. The lowest BCUT2D eigenvalue weighted by Crippen LogP contribution is -2.16. The summed E-state index contributed by atoms with van der Waals surface area (Å²) in [5.41, 5.74) is 1.29. The van der Waals surface area contributed by atoms with Gasteiger partial charge in [0, 0.05) is 21.8 Å². The van der Waals surface area contributed by atoms with Crippen molar-refractivity contribution < 1.29 is 18.0 Å². The summed E-state index contributed by atoms with van der Waals surface area (Å²) in [6.45, 7) is 0. The Labute approximate surface area is 183 Å². The van der Waals surface area contributed by atoms with E-state index in [2.05, 4.69) is 10.0 Å². The molecule has 0 aliphatic carbocycles. The summed E-state index contributed by atoms with van der Waals surface area (Å²) in [4.78, 5) is 25.6. The number of rotatable bonds is 6. The van der Waals surface area contributed by atoms with Gasteiger partial charge in [-0.25, -0.2) is 8.42 Å². The third-order valence-corrected chi connectivity index (χ3v) is 5.18. The van der Waals surface area contributed by atoms with E-state index in [-0.39, 0.29) is 33.3 Å². The molecule has 3 aromatic rings. The normalized spacial score (nSPS) is 11.0. The molecule has 0 unspecified atom stereocenters. The van der Waals surface area contributed by atoms with Gasteiger partial charge in [-0.1, -0.05) is 53.5 Å². The van der Waals surface area contributed by atoms with Gasteiger partial charge in [-0.05, 0) is 36.4 Å². The quantitative estimate of drug-likeness (QED) is 0.512. The molecular weight excluding hydrogens is 447 g/mol. The van der Waals surface area contributed by atoms with E-state index < -0.39 is 15.9 Å². The molecule has 0 aliphatic heterocycles. The second-order valence-electron chi connectivity index (χ2n) is 6.41. The molecule has 154 valence electrons. The highest BCUT2D eigenvalue weighted by molar-refractivity contribution is 7.92. The molecule has 3 rings (SSSR count). The van der Waals surface area contributed by atoms with E-state index >= 15 is 0 Å². The van der Waals surface area contributed by atoms with Crippen molar-refractivity contribution in [1.82, 2.24) is 0 Å². The maximum Gasteiger partial charge on any atom is 0.257 e. The van der Waals surface area contributed by atoms with Crippen molar-refractivity contribution in [2.24, 2.45) is 0 Å². The van der Waals surface area contributed by atoms with Crippen LogP contribution in [0.4, 0.5) is 11.4 Å². The van der Waals surface area contributed by atoms with Crippen molar-refractivity contribution in [3.8, 4) is 0 Å². The fourth-order valence-electron chi connectivity index (χ4n) is 2.72. The van der Waals surface area contributed by atoms with Crippen molar-refractivity contribution in [3.63, 3.8) is 0 Å². The predicted octanol–water partition coefficient (Wildman–Crippen LogP) is 4.85. The zero-order valence-electron chi connectivity index (χ0n) is 15.6. The van der Waals surface area contributed by atoms with Crippen LogP contribution in [-0.4, -0.2) is 26.4 Å². The molecule has 0 radical (unpaired) electrons. The number of carbonyl (C=O) groups is 2. The molecule has 0 atom stereocenters. The summed E-state index contributed by atoms with van der Waals surface area (Å²) < 4.78 is 25.0. The Morgan fingerprint density at radius 1 is 0.867 bits per heavy atom. The number of hydrogen-bond acceptors (Lipinski definition) is 4. The molecule has 0 aromatic heterocycles. The van der Waals surface area contributed by atoms with Crippen LogP contribution in [0.25, 0.3) is 0 Å². The van der Waals surface area contributed by atoms with E-state index in [4.69, 9.17) is 23.2 Å². The predicted molar refractivity (Wildman–Crippen MR) is 119 cm³/mol. The van der Waals surface area contributed by atoms with E-state index in [1.165, 1.54) is 30.3 Å². The Hall–Kier alpha value is -2.87. The Bertz CT molecular complexity index is 1230. The maximum absolute atomic E-state index is 12.9. The van der Waals surface area contributed by atoms with E-state index in [0.29, 0.717) is 10.6 Å². The molecule has 0 bridgehead atoms. The molecule has 0 saturated heterocycles. The molecule has 1 amide bonds. The van der Waals surface area contributed by atoms with E-state index in [9.17, 15) is 18.0 Å². The van der Waals surface area contributed by atoms with Gasteiger partial charge in [-0.2, -0.15) is 0 Å². The third kappa shape index (κ3) is 5.38. The van der Waals surface area contributed by atoms with Gasteiger partial charge in [0.05, 0.1) is 22.5 Å². The molecule has 6 nitrogen and oxygen atoms in total. The second kappa shape index (κ2) is 8.87. The minimum Gasteiger partial charge on any atom is -0.321 e. The highest BCUT2D eigenvalue weighted by Gasteiger charge is 2.18. The van der Waals surface area contributed by atoms with Crippen LogP contribution in [0.15, 0.2) is 66.7 Å². The smallest absolute Gasteiger partial charge is 0.257 e. The van der Waals surface area contributed by atoms with Gasteiger partial charge in [-0.15, -0.1) is 0 Å². The summed E-state index contributed by atoms with van der Waals surface area (Å²) in [7, 11) is -3.48. The average Bonchev–Trinajstić information content (AvgIpc) is 2.68. The fourth-order valence-corrected chi connectivity index (χ4v) is 3.72. The second-order valence-corrected chi connectivity index (χ2v) is 9.00. The first kappa shape index (κ1) is 21.8. The number of benzene rings is 3. The molecule has 0 saturated carbocycles. The maximum atomic E-state index is 12.9. The van der Waals surface area contributed by atoms with Crippen molar-refractivity contribution in [2.75, 3.05) is 16.3 Å². The van der Waals surface area contributed by atoms with Gasteiger partial charge in [0.25, 0.3) is 5.91 Å². The van der Waals surface area contributed by atoms with Crippen molar-refractivity contribution in [3.05, 3.63) is 93.5 Å². The highest BCUT2D eigenvalue weighted by atomic mass is 35.5. The molecular formula is C21H16Cl2N2O4S. The molecule has 0 heterocycles. The van der Waals surface area contributed by atoms with Gasteiger partial charge in [0.2, 0.25) is 10.0 Å². The van der Waals surface area contributed by atoms with Gasteiger partial charge in [0.1, 0.15) is 0 Å². The summed E-state index contributed by atoms with van der Waals surface area (Å²) in [5, 5.41) is 3.07. The van der Waals surface area contributed by atoms with Crippen LogP contribution in [0.5, 0.6) is 0 Å². The Morgan fingerprint density at radius 3 is 2.20 bits per heavy atom. The molecule has 3 aromatic carbocycles. The molecule has 0 fully saturated rings. The molecule has 2 N–H and O–H groups in total. The van der Waals surface area contributed by atoms with Crippen molar-refractivity contribution in [2.45, 2.75) is 0 Å². The van der Waals surface area contributed by atoms with Crippen LogP contribution >= 0.6 is 23.2 Å². The van der Waals surface area contributed by atoms with Crippen LogP contribution in [0.1, 0.15) is 26.3 Å². The van der Waals surface area contributed by atoms with Crippen molar-refractivity contribution in [1.29, 1.82) is 0 Å². The number of ketones is 1. The molecule has 9 heteroatoms. The monoisotopic (exact) mass is 462 g/mol. The summed E-state index contributed by atoms with van der Waals surface area (Å²) in [5.74, 6) is -0.859. The first-order chi connectivity index (χ1) is 14.1. The molecule has 0 aliphatic rings. The largest absolute Gasteiger partial charge is 0.321 e. The zero-order valence-corrected chi connectivity index (χ0v) is 18.0. The van der Waals surface area contributed by atoms with E-state index in [0.717, 1.165) is 6.26 Å². The van der Waals surface area contributed by atoms with Crippen LogP contribution < -0.4 is 10.0 Å². The Balaban J connectivity index is 1.90. The number of halogens is 2. The first-order valence-electron chi connectivity index (χ1n) is 8.62. The SMILES string of the molecule is CS(=O)(=O)Nc1ccc(C(=O)Nc2ccc(Cl)cc2C(=O)c2ccccc2)c(Cl)c1. The van der Waals surface area contributed by atoms with Crippen LogP contribution in [0, 0.1) is 0 Å². The topological polar surface area (TPSA) is 92.3 Å². The average molecular weight is 463 g/mol. The number of anilines is 2. The van der Waals surface area contributed by atoms with E-state index in [1.54, 1.807) is 36.4 Å². The van der Waals surface area contributed by atoms with Crippen LogP contribution in [0.3, 0.4) is 0 Å². The van der Waals surface area contributed by atoms with Gasteiger partial charge >= 0.3 is 0 Å². The summed E-state index contributed by atoms with van der Waals surface area (Å²) >= 11 is 12.2. The molecule has 30 heavy (non-hydrogen) atoms. The van der Waals surface area contributed by atoms with Gasteiger partial charge in [-0.3, -0.25) is 14.3 Å². The van der Waals surface area contributed by atoms with Crippen LogP contribution in [-0.2, 0) is 10.0 Å².